The largest absolute Gasteiger partial charge is 0.481 e. The first-order chi connectivity index (χ1) is 9.58. The van der Waals surface area contributed by atoms with E-state index in [2.05, 4.69) is 29.0 Å². The van der Waals surface area contributed by atoms with Crippen LogP contribution in [0.15, 0.2) is 29.6 Å². The van der Waals surface area contributed by atoms with Crippen molar-refractivity contribution >= 4 is 17.7 Å². The summed E-state index contributed by atoms with van der Waals surface area (Å²) < 4.78 is 1.93. The lowest BCUT2D eigenvalue weighted by Gasteiger charge is -2.11. The monoisotopic (exact) mass is 292 g/mol. The summed E-state index contributed by atoms with van der Waals surface area (Å²) in [6, 6.07) is 5.60. The van der Waals surface area contributed by atoms with Gasteiger partial charge in [0.15, 0.2) is 11.0 Å². The van der Waals surface area contributed by atoms with E-state index >= 15 is 0 Å². The molecule has 7 heteroatoms. The Morgan fingerprint density at radius 3 is 2.80 bits per heavy atom. The van der Waals surface area contributed by atoms with Crippen LogP contribution in [-0.4, -0.2) is 36.6 Å². The number of rotatable bonds is 6. The first-order valence-electron chi connectivity index (χ1n) is 6.27. The Hall–Kier alpha value is -1.89. The van der Waals surface area contributed by atoms with Crippen molar-refractivity contribution in [3.8, 4) is 11.5 Å². The molecular formula is C13H16N4O2S. The van der Waals surface area contributed by atoms with Crippen molar-refractivity contribution < 1.29 is 9.90 Å². The second-order valence-corrected chi connectivity index (χ2v) is 5.65. The number of thioether (sulfide) groups is 1. The molecule has 0 saturated heterocycles. The Kier molecular flexibility index (Phi) is 4.73. The van der Waals surface area contributed by atoms with Crippen molar-refractivity contribution in [3.05, 3.63) is 24.4 Å². The Morgan fingerprint density at radius 2 is 2.20 bits per heavy atom. The fourth-order valence-corrected chi connectivity index (χ4v) is 2.40. The lowest BCUT2D eigenvalue weighted by atomic mass is 10.2. The molecule has 0 amide bonds. The van der Waals surface area contributed by atoms with Crippen LogP contribution >= 0.6 is 11.8 Å². The van der Waals surface area contributed by atoms with E-state index in [0.717, 1.165) is 12.2 Å². The van der Waals surface area contributed by atoms with Crippen LogP contribution < -0.4 is 0 Å². The molecule has 0 aliphatic heterocycles. The minimum absolute atomic E-state index is 0.0293. The summed E-state index contributed by atoms with van der Waals surface area (Å²) >= 11 is 1.17. The SMILES string of the molecule is CC(C)Cn1c(SCC(=O)O)nnc1-c1ccccn1. The summed E-state index contributed by atoms with van der Waals surface area (Å²) in [5.41, 5.74) is 0.739. The molecule has 0 bridgehead atoms. The molecule has 0 aliphatic carbocycles. The second-order valence-electron chi connectivity index (χ2n) is 4.71. The maximum atomic E-state index is 10.7. The summed E-state index contributed by atoms with van der Waals surface area (Å²) in [7, 11) is 0. The first-order valence-corrected chi connectivity index (χ1v) is 7.25. The van der Waals surface area contributed by atoms with Gasteiger partial charge in [0.25, 0.3) is 0 Å². The predicted octanol–water partition coefficient (Wildman–Crippen LogP) is 2.17. The zero-order valence-corrected chi connectivity index (χ0v) is 12.2. The van der Waals surface area contributed by atoms with Gasteiger partial charge in [-0.15, -0.1) is 10.2 Å². The Balaban J connectivity index is 2.34. The molecule has 2 aromatic heterocycles. The molecule has 0 atom stereocenters. The molecule has 0 radical (unpaired) electrons. The van der Waals surface area contributed by atoms with E-state index in [-0.39, 0.29) is 5.75 Å². The fourth-order valence-electron chi connectivity index (χ4n) is 1.74. The van der Waals surface area contributed by atoms with Gasteiger partial charge in [-0.3, -0.25) is 9.78 Å². The summed E-state index contributed by atoms with van der Waals surface area (Å²) in [5, 5.41) is 17.6. The molecule has 0 fully saturated rings. The minimum Gasteiger partial charge on any atom is -0.481 e. The van der Waals surface area contributed by atoms with Crippen molar-refractivity contribution in [2.24, 2.45) is 5.92 Å². The third-order valence-electron chi connectivity index (χ3n) is 2.48. The Morgan fingerprint density at radius 1 is 1.40 bits per heavy atom. The molecule has 2 aromatic rings. The molecule has 0 aromatic carbocycles. The van der Waals surface area contributed by atoms with Gasteiger partial charge in [-0.25, -0.2) is 0 Å². The first kappa shape index (κ1) is 14.5. The zero-order valence-electron chi connectivity index (χ0n) is 11.4. The number of carboxylic acids is 1. The van der Waals surface area contributed by atoms with Crippen molar-refractivity contribution in [1.29, 1.82) is 0 Å². The molecule has 2 rings (SSSR count). The van der Waals surface area contributed by atoms with Crippen LogP contribution in [0, 0.1) is 5.92 Å². The van der Waals surface area contributed by atoms with E-state index in [1.807, 2.05) is 22.8 Å². The van der Waals surface area contributed by atoms with E-state index in [1.165, 1.54) is 11.8 Å². The lowest BCUT2D eigenvalue weighted by Crippen LogP contribution is -2.09. The van der Waals surface area contributed by atoms with Gasteiger partial charge in [-0.2, -0.15) is 0 Å². The summed E-state index contributed by atoms with van der Waals surface area (Å²) in [6.45, 7) is 4.91. The van der Waals surface area contributed by atoms with Crippen molar-refractivity contribution in [2.45, 2.75) is 25.5 Å². The zero-order chi connectivity index (χ0) is 14.5. The molecule has 6 nitrogen and oxygen atoms in total. The number of carbonyl (C=O) groups is 1. The van der Waals surface area contributed by atoms with E-state index in [0.29, 0.717) is 16.9 Å². The van der Waals surface area contributed by atoms with Crippen LogP contribution in [0.3, 0.4) is 0 Å². The highest BCUT2D eigenvalue weighted by molar-refractivity contribution is 7.99. The molecule has 2 heterocycles. The normalized spacial score (nSPS) is 10.9. The maximum Gasteiger partial charge on any atom is 0.313 e. The highest BCUT2D eigenvalue weighted by atomic mass is 32.2. The Bertz CT molecular complexity index is 583. The number of aliphatic carboxylic acids is 1. The number of pyridine rings is 1. The maximum absolute atomic E-state index is 10.7. The van der Waals surface area contributed by atoms with Crippen LogP contribution in [-0.2, 0) is 11.3 Å². The van der Waals surface area contributed by atoms with Gasteiger partial charge >= 0.3 is 5.97 Å². The average Bonchev–Trinajstić information content (AvgIpc) is 2.79. The molecule has 20 heavy (non-hydrogen) atoms. The lowest BCUT2D eigenvalue weighted by molar-refractivity contribution is -0.133. The van der Waals surface area contributed by atoms with Crippen LogP contribution in [0.4, 0.5) is 0 Å². The van der Waals surface area contributed by atoms with Gasteiger partial charge in [-0.05, 0) is 18.1 Å². The molecule has 106 valence electrons. The summed E-state index contributed by atoms with van der Waals surface area (Å²) in [5.74, 6) is 0.177. The standard InChI is InChI=1S/C13H16N4O2S/c1-9(2)7-17-12(10-5-3-4-6-14-10)15-16-13(17)20-8-11(18)19/h3-6,9H,7-8H2,1-2H3,(H,18,19). The minimum atomic E-state index is -0.867. The van der Waals surface area contributed by atoms with Gasteiger partial charge in [0.2, 0.25) is 0 Å². The van der Waals surface area contributed by atoms with Crippen molar-refractivity contribution in [1.82, 2.24) is 19.7 Å². The summed E-state index contributed by atoms with van der Waals surface area (Å²) in [4.78, 5) is 15.0. The highest BCUT2D eigenvalue weighted by Crippen LogP contribution is 2.23. The van der Waals surface area contributed by atoms with Gasteiger partial charge in [-0.1, -0.05) is 31.7 Å². The third-order valence-corrected chi connectivity index (χ3v) is 3.43. The van der Waals surface area contributed by atoms with Crippen molar-refractivity contribution in [3.63, 3.8) is 0 Å². The molecular weight excluding hydrogens is 276 g/mol. The molecule has 0 spiro atoms. The highest BCUT2D eigenvalue weighted by Gasteiger charge is 2.16. The number of nitrogens with zero attached hydrogens (tertiary/aromatic N) is 4. The molecule has 0 unspecified atom stereocenters. The van der Waals surface area contributed by atoms with Gasteiger partial charge < -0.3 is 9.67 Å². The number of carboxylic acid groups (broad SMARTS) is 1. The molecule has 0 aliphatic rings. The van der Waals surface area contributed by atoms with Gasteiger partial charge in [0.1, 0.15) is 5.69 Å². The third kappa shape index (κ3) is 3.57. The topological polar surface area (TPSA) is 80.9 Å². The van der Waals surface area contributed by atoms with E-state index < -0.39 is 5.97 Å². The quantitative estimate of drug-likeness (QED) is 0.822. The Labute approximate surface area is 121 Å². The smallest absolute Gasteiger partial charge is 0.313 e. The van der Waals surface area contributed by atoms with Crippen LogP contribution in [0.5, 0.6) is 0 Å². The van der Waals surface area contributed by atoms with E-state index in [9.17, 15) is 4.79 Å². The van der Waals surface area contributed by atoms with E-state index in [4.69, 9.17) is 5.11 Å². The summed E-state index contributed by atoms with van der Waals surface area (Å²) in [6.07, 6.45) is 1.70. The number of aromatic nitrogens is 4. The van der Waals surface area contributed by atoms with E-state index in [1.54, 1.807) is 6.20 Å². The number of hydrogen-bond acceptors (Lipinski definition) is 5. The predicted molar refractivity (Wildman–Crippen MR) is 76.5 cm³/mol. The fraction of sp³-hybridized carbons (Fsp3) is 0.385. The number of hydrogen-bond donors (Lipinski definition) is 1. The van der Waals surface area contributed by atoms with Crippen LogP contribution in [0.25, 0.3) is 11.5 Å². The van der Waals surface area contributed by atoms with Gasteiger partial charge in [0, 0.05) is 12.7 Å². The van der Waals surface area contributed by atoms with Gasteiger partial charge in [0.05, 0.1) is 5.75 Å². The van der Waals surface area contributed by atoms with Crippen molar-refractivity contribution in [2.75, 3.05) is 5.75 Å². The average molecular weight is 292 g/mol. The molecule has 0 saturated carbocycles. The van der Waals surface area contributed by atoms with Crippen LogP contribution in [0.2, 0.25) is 0 Å². The second kappa shape index (κ2) is 6.51. The molecule has 1 N–H and O–H groups in total. The van der Waals surface area contributed by atoms with Crippen LogP contribution in [0.1, 0.15) is 13.8 Å².